The molecular formula is C9H12N4S2. The second-order valence-electron chi connectivity index (χ2n) is 3.14. The fourth-order valence-corrected chi connectivity index (χ4v) is 2.68. The third kappa shape index (κ3) is 2.79. The monoisotopic (exact) mass is 240 g/mol. The highest BCUT2D eigenvalue weighted by molar-refractivity contribution is 7.98. The Morgan fingerprint density at radius 1 is 1.53 bits per heavy atom. The van der Waals surface area contributed by atoms with Crippen molar-refractivity contribution in [3.8, 4) is 0 Å². The van der Waals surface area contributed by atoms with Crippen LogP contribution in [0.5, 0.6) is 0 Å². The predicted octanol–water partition coefficient (Wildman–Crippen LogP) is 2.42. The van der Waals surface area contributed by atoms with Gasteiger partial charge in [0, 0.05) is 17.1 Å². The Labute approximate surface area is 96.7 Å². The molecule has 0 radical (unpaired) electrons. The molecule has 80 valence electrons. The van der Waals surface area contributed by atoms with Crippen LogP contribution >= 0.6 is 23.3 Å². The lowest BCUT2D eigenvalue weighted by atomic mass is 10.4. The summed E-state index contributed by atoms with van der Waals surface area (Å²) in [5, 5.41) is 7.84. The third-order valence-electron chi connectivity index (χ3n) is 1.87. The Balaban J connectivity index is 1.93. The minimum Gasteiger partial charge on any atom is -0.262 e. The van der Waals surface area contributed by atoms with Crippen LogP contribution in [0.3, 0.4) is 0 Å². The Morgan fingerprint density at radius 2 is 2.40 bits per heavy atom. The van der Waals surface area contributed by atoms with Crippen molar-refractivity contribution in [2.24, 2.45) is 0 Å². The zero-order valence-corrected chi connectivity index (χ0v) is 10.3. The van der Waals surface area contributed by atoms with Gasteiger partial charge in [-0.15, -0.1) is 5.10 Å². The smallest absolute Gasteiger partial charge is 0.208 e. The lowest BCUT2D eigenvalue weighted by Crippen LogP contribution is -1.81. The van der Waals surface area contributed by atoms with Crippen LogP contribution in [0, 0.1) is 6.92 Å². The van der Waals surface area contributed by atoms with E-state index in [1.165, 1.54) is 4.88 Å². The molecule has 0 bridgehead atoms. The number of thioether (sulfide) groups is 1. The maximum atomic E-state index is 4.33. The highest BCUT2D eigenvalue weighted by Gasteiger charge is 2.04. The molecule has 0 aliphatic heterocycles. The van der Waals surface area contributed by atoms with Crippen molar-refractivity contribution >= 4 is 23.3 Å². The van der Waals surface area contributed by atoms with E-state index in [9.17, 15) is 0 Å². The van der Waals surface area contributed by atoms with Gasteiger partial charge in [-0.25, -0.2) is 4.98 Å². The standard InChI is InChI=1S/C9H12N4S2/c1-3-8-10-9(12-11-8)14-5-7-4-6(2)13-15-7/h4H,3,5H2,1-2H3,(H,10,11,12). The highest BCUT2D eigenvalue weighted by atomic mass is 32.2. The molecule has 0 spiro atoms. The molecule has 2 rings (SSSR count). The maximum absolute atomic E-state index is 4.33. The molecule has 0 aliphatic rings. The highest BCUT2D eigenvalue weighted by Crippen LogP contribution is 2.21. The molecule has 0 saturated carbocycles. The first kappa shape index (κ1) is 10.6. The van der Waals surface area contributed by atoms with Crippen LogP contribution in [-0.4, -0.2) is 19.6 Å². The molecule has 1 N–H and O–H groups in total. The second-order valence-corrected chi connectivity index (χ2v) is 4.97. The van der Waals surface area contributed by atoms with Crippen LogP contribution in [0.25, 0.3) is 0 Å². The molecule has 0 fully saturated rings. The SMILES string of the molecule is CCc1nc(SCc2cc(C)ns2)n[nH]1. The van der Waals surface area contributed by atoms with Gasteiger partial charge in [-0.05, 0) is 24.5 Å². The van der Waals surface area contributed by atoms with Crippen LogP contribution in [-0.2, 0) is 12.2 Å². The van der Waals surface area contributed by atoms with Gasteiger partial charge in [0.25, 0.3) is 0 Å². The van der Waals surface area contributed by atoms with Crippen molar-refractivity contribution in [2.75, 3.05) is 0 Å². The van der Waals surface area contributed by atoms with Gasteiger partial charge in [-0.2, -0.15) is 4.37 Å². The summed E-state index contributed by atoms with van der Waals surface area (Å²) < 4.78 is 4.23. The van der Waals surface area contributed by atoms with Crippen LogP contribution in [0.15, 0.2) is 11.2 Å². The molecule has 0 saturated heterocycles. The van der Waals surface area contributed by atoms with E-state index in [4.69, 9.17) is 0 Å². The minimum absolute atomic E-state index is 0.818. The number of hydrogen-bond donors (Lipinski definition) is 1. The fourth-order valence-electron chi connectivity index (χ4n) is 1.12. The van der Waals surface area contributed by atoms with E-state index in [0.29, 0.717) is 0 Å². The van der Waals surface area contributed by atoms with E-state index < -0.39 is 0 Å². The molecular weight excluding hydrogens is 228 g/mol. The summed E-state index contributed by atoms with van der Waals surface area (Å²) in [5.41, 5.74) is 1.08. The van der Waals surface area contributed by atoms with Gasteiger partial charge >= 0.3 is 0 Å². The number of nitrogens with zero attached hydrogens (tertiary/aromatic N) is 3. The Kier molecular flexibility index (Phi) is 3.37. The fraction of sp³-hybridized carbons (Fsp3) is 0.444. The number of H-pyrrole nitrogens is 1. The normalized spacial score (nSPS) is 10.8. The Hall–Kier alpha value is -0.880. The van der Waals surface area contributed by atoms with Crippen molar-refractivity contribution < 1.29 is 0 Å². The Bertz CT molecular complexity index is 435. The number of rotatable bonds is 4. The van der Waals surface area contributed by atoms with Crippen LogP contribution in [0.4, 0.5) is 0 Å². The summed E-state index contributed by atoms with van der Waals surface area (Å²) in [5.74, 6) is 1.84. The Morgan fingerprint density at radius 3 is 3.00 bits per heavy atom. The van der Waals surface area contributed by atoms with Crippen LogP contribution in [0.2, 0.25) is 0 Å². The summed E-state index contributed by atoms with van der Waals surface area (Å²) in [6.45, 7) is 4.06. The van der Waals surface area contributed by atoms with Gasteiger partial charge in [0.2, 0.25) is 5.16 Å². The topological polar surface area (TPSA) is 54.5 Å². The van der Waals surface area contributed by atoms with Crippen LogP contribution < -0.4 is 0 Å². The largest absolute Gasteiger partial charge is 0.262 e. The lowest BCUT2D eigenvalue weighted by molar-refractivity contribution is 0.941. The molecule has 0 aromatic carbocycles. The second kappa shape index (κ2) is 4.76. The van der Waals surface area contributed by atoms with Crippen molar-refractivity contribution in [3.05, 3.63) is 22.5 Å². The van der Waals surface area contributed by atoms with Gasteiger partial charge in [-0.1, -0.05) is 18.7 Å². The first-order valence-corrected chi connectivity index (χ1v) is 6.50. The zero-order valence-electron chi connectivity index (χ0n) is 8.65. The van der Waals surface area contributed by atoms with E-state index in [0.717, 1.165) is 28.8 Å². The average molecular weight is 240 g/mol. The first-order valence-electron chi connectivity index (χ1n) is 4.74. The number of aryl methyl sites for hydroxylation is 2. The number of hydrogen-bond acceptors (Lipinski definition) is 5. The van der Waals surface area contributed by atoms with Gasteiger partial charge in [0.15, 0.2) is 0 Å². The molecule has 2 heterocycles. The number of nitrogens with one attached hydrogen (secondary N) is 1. The summed E-state index contributed by atoms with van der Waals surface area (Å²) >= 11 is 3.18. The van der Waals surface area contributed by atoms with Crippen molar-refractivity contribution in [1.29, 1.82) is 0 Å². The van der Waals surface area contributed by atoms with E-state index in [2.05, 4.69) is 32.5 Å². The van der Waals surface area contributed by atoms with Gasteiger partial charge in [0.05, 0.1) is 5.69 Å². The molecule has 0 amide bonds. The summed E-state index contributed by atoms with van der Waals surface area (Å²) in [6.07, 6.45) is 0.896. The lowest BCUT2D eigenvalue weighted by Gasteiger charge is -1.90. The number of aromatic nitrogens is 4. The summed E-state index contributed by atoms with van der Waals surface area (Å²) in [7, 11) is 0. The van der Waals surface area contributed by atoms with Crippen molar-refractivity contribution in [1.82, 2.24) is 19.6 Å². The average Bonchev–Trinajstić information content (AvgIpc) is 2.83. The summed E-state index contributed by atoms with van der Waals surface area (Å²) in [4.78, 5) is 5.60. The molecule has 0 aliphatic carbocycles. The molecule has 2 aromatic heterocycles. The molecule has 4 nitrogen and oxygen atoms in total. The molecule has 15 heavy (non-hydrogen) atoms. The zero-order chi connectivity index (χ0) is 10.7. The molecule has 6 heteroatoms. The van der Waals surface area contributed by atoms with Crippen LogP contribution in [0.1, 0.15) is 23.3 Å². The molecule has 0 atom stereocenters. The van der Waals surface area contributed by atoms with E-state index in [-0.39, 0.29) is 0 Å². The molecule has 2 aromatic rings. The first-order chi connectivity index (χ1) is 7.28. The third-order valence-corrected chi connectivity index (χ3v) is 3.82. The van der Waals surface area contributed by atoms with E-state index in [1.807, 2.05) is 6.92 Å². The van der Waals surface area contributed by atoms with E-state index in [1.54, 1.807) is 23.3 Å². The van der Waals surface area contributed by atoms with E-state index >= 15 is 0 Å². The maximum Gasteiger partial charge on any atom is 0.208 e. The minimum atomic E-state index is 0.818. The summed E-state index contributed by atoms with van der Waals surface area (Å²) in [6, 6.07) is 2.10. The molecule has 0 unspecified atom stereocenters. The quantitative estimate of drug-likeness (QED) is 0.834. The predicted molar refractivity (Wildman–Crippen MR) is 62.2 cm³/mol. The van der Waals surface area contributed by atoms with Crippen molar-refractivity contribution in [3.63, 3.8) is 0 Å². The van der Waals surface area contributed by atoms with Gasteiger partial charge in [0.1, 0.15) is 5.82 Å². The van der Waals surface area contributed by atoms with Crippen molar-refractivity contribution in [2.45, 2.75) is 31.2 Å². The number of aromatic amines is 1. The van der Waals surface area contributed by atoms with Gasteiger partial charge < -0.3 is 0 Å². The van der Waals surface area contributed by atoms with Gasteiger partial charge in [-0.3, -0.25) is 5.10 Å².